The zero-order chi connectivity index (χ0) is 19.8. The van der Waals surface area contributed by atoms with E-state index in [0.717, 1.165) is 27.5 Å². The SMILES string of the molecule is COc1ccc2oc(-c3csc(NC(=O)c4ccc5ccccc5c4)n3)cc2c1. The zero-order valence-corrected chi connectivity index (χ0v) is 16.3. The van der Waals surface area contributed by atoms with Crippen LogP contribution in [0.4, 0.5) is 5.13 Å². The Morgan fingerprint density at radius 3 is 2.72 bits per heavy atom. The average molecular weight is 400 g/mol. The maximum atomic E-state index is 12.6. The molecule has 1 N–H and O–H groups in total. The summed E-state index contributed by atoms with van der Waals surface area (Å²) in [4.78, 5) is 17.1. The number of benzene rings is 3. The van der Waals surface area contributed by atoms with Crippen molar-refractivity contribution in [3.8, 4) is 17.2 Å². The first kappa shape index (κ1) is 17.5. The Morgan fingerprint density at radius 1 is 1.00 bits per heavy atom. The summed E-state index contributed by atoms with van der Waals surface area (Å²) in [5.74, 6) is 1.23. The minimum absolute atomic E-state index is 0.189. The van der Waals surface area contributed by atoms with Gasteiger partial charge >= 0.3 is 0 Å². The number of nitrogens with one attached hydrogen (secondary N) is 1. The van der Waals surface area contributed by atoms with Gasteiger partial charge in [-0.05, 0) is 47.2 Å². The maximum Gasteiger partial charge on any atom is 0.257 e. The van der Waals surface area contributed by atoms with Gasteiger partial charge in [-0.25, -0.2) is 4.98 Å². The van der Waals surface area contributed by atoms with Gasteiger partial charge in [0.15, 0.2) is 10.9 Å². The van der Waals surface area contributed by atoms with E-state index >= 15 is 0 Å². The molecule has 142 valence electrons. The predicted octanol–water partition coefficient (Wildman–Crippen LogP) is 5.97. The highest BCUT2D eigenvalue weighted by Crippen LogP contribution is 2.32. The lowest BCUT2D eigenvalue weighted by Gasteiger charge is -2.03. The van der Waals surface area contributed by atoms with Gasteiger partial charge in [0, 0.05) is 16.3 Å². The van der Waals surface area contributed by atoms with Gasteiger partial charge in [0.25, 0.3) is 5.91 Å². The first-order chi connectivity index (χ1) is 14.2. The van der Waals surface area contributed by atoms with Crippen molar-refractivity contribution in [2.24, 2.45) is 0 Å². The van der Waals surface area contributed by atoms with Gasteiger partial charge in [-0.1, -0.05) is 30.3 Å². The molecule has 0 radical (unpaired) electrons. The van der Waals surface area contributed by atoms with Crippen LogP contribution in [0.25, 0.3) is 33.2 Å². The van der Waals surface area contributed by atoms with Crippen LogP contribution in [-0.4, -0.2) is 18.0 Å². The second kappa shape index (κ2) is 7.07. The van der Waals surface area contributed by atoms with E-state index < -0.39 is 0 Å². The summed E-state index contributed by atoms with van der Waals surface area (Å²) < 4.78 is 11.1. The molecule has 0 atom stereocenters. The Kier molecular flexibility index (Phi) is 4.26. The number of carbonyl (C=O) groups excluding carboxylic acids is 1. The number of rotatable bonds is 4. The van der Waals surface area contributed by atoms with Crippen molar-refractivity contribution in [3.05, 3.63) is 77.7 Å². The Labute approximate surface area is 170 Å². The average Bonchev–Trinajstić information content (AvgIpc) is 3.39. The number of aromatic nitrogens is 1. The lowest BCUT2D eigenvalue weighted by molar-refractivity contribution is 0.102. The third kappa shape index (κ3) is 3.34. The number of methoxy groups -OCH3 is 1. The standard InChI is InChI=1S/C23H16N2O3S/c1-27-18-8-9-20-17(11-18)12-21(28-20)19-13-29-23(24-19)25-22(26)16-7-6-14-4-2-3-5-15(14)10-16/h2-13H,1H3,(H,24,25,26). The number of nitrogens with zero attached hydrogens (tertiary/aromatic N) is 1. The van der Waals surface area contributed by atoms with Gasteiger partial charge in [0.1, 0.15) is 17.0 Å². The molecule has 29 heavy (non-hydrogen) atoms. The molecule has 5 nitrogen and oxygen atoms in total. The molecule has 0 saturated carbocycles. The molecular formula is C23H16N2O3S. The van der Waals surface area contributed by atoms with Crippen LogP contribution < -0.4 is 10.1 Å². The minimum atomic E-state index is -0.189. The van der Waals surface area contributed by atoms with E-state index in [-0.39, 0.29) is 5.91 Å². The van der Waals surface area contributed by atoms with Crippen molar-refractivity contribution >= 4 is 44.1 Å². The predicted molar refractivity (Wildman–Crippen MR) is 116 cm³/mol. The molecule has 2 aromatic heterocycles. The summed E-state index contributed by atoms with van der Waals surface area (Å²) in [5, 5.41) is 8.33. The highest BCUT2D eigenvalue weighted by Gasteiger charge is 2.13. The molecule has 0 saturated heterocycles. The molecule has 0 unspecified atom stereocenters. The number of furan rings is 1. The van der Waals surface area contributed by atoms with Gasteiger partial charge in [0.05, 0.1) is 7.11 Å². The van der Waals surface area contributed by atoms with Crippen LogP contribution in [0, 0.1) is 0 Å². The molecule has 3 aromatic carbocycles. The van der Waals surface area contributed by atoms with E-state index in [1.165, 1.54) is 11.3 Å². The van der Waals surface area contributed by atoms with Crippen molar-refractivity contribution in [2.75, 3.05) is 12.4 Å². The third-order valence-corrected chi connectivity index (χ3v) is 5.47. The molecule has 1 amide bonds. The molecule has 0 aliphatic carbocycles. The van der Waals surface area contributed by atoms with Gasteiger partial charge in [-0.2, -0.15) is 0 Å². The van der Waals surface area contributed by atoms with Gasteiger partial charge in [-0.3, -0.25) is 10.1 Å². The molecule has 0 aliphatic heterocycles. The molecule has 0 aliphatic rings. The second-order valence-corrected chi connectivity index (χ2v) is 7.43. The fourth-order valence-electron chi connectivity index (χ4n) is 3.22. The van der Waals surface area contributed by atoms with Crippen molar-refractivity contribution in [1.29, 1.82) is 0 Å². The highest BCUT2D eigenvalue weighted by atomic mass is 32.1. The van der Waals surface area contributed by atoms with Crippen LogP contribution in [0.15, 0.2) is 76.5 Å². The van der Waals surface area contributed by atoms with Gasteiger partial charge in [0.2, 0.25) is 0 Å². The minimum Gasteiger partial charge on any atom is -0.497 e. The number of anilines is 1. The van der Waals surface area contributed by atoms with Crippen molar-refractivity contribution in [3.63, 3.8) is 0 Å². The highest BCUT2D eigenvalue weighted by molar-refractivity contribution is 7.14. The maximum absolute atomic E-state index is 12.6. The first-order valence-electron chi connectivity index (χ1n) is 9.03. The second-order valence-electron chi connectivity index (χ2n) is 6.57. The summed E-state index contributed by atoms with van der Waals surface area (Å²) in [6.07, 6.45) is 0. The van der Waals surface area contributed by atoms with Crippen molar-refractivity contribution in [1.82, 2.24) is 4.98 Å². The van der Waals surface area contributed by atoms with Crippen LogP contribution in [0.1, 0.15) is 10.4 Å². The fourth-order valence-corrected chi connectivity index (χ4v) is 3.91. The van der Waals surface area contributed by atoms with Crippen LogP contribution in [0.5, 0.6) is 5.75 Å². The van der Waals surface area contributed by atoms with E-state index in [1.807, 2.05) is 72.1 Å². The quantitative estimate of drug-likeness (QED) is 0.404. The normalized spacial score (nSPS) is 11.1. The summed E-state index contributed by atoms with van der Waals surface area (Å²) in [6, 6.07) is 21.1. The number of thiazole rings is 1. The van der Waals surface area contributed by atoms with E-state index in [2.05, 4.69) is 10.3 Å². The number of hydrogen-bond acceptors (Lipinski definition) is 5. The van der Waals surface area contributed by atoms with Gasteiger partial charge < -0.3 is 9.15 Å². The molecular weight excluding hydrogens is 384 g/mol. The molecule has 0 spiro atoms. The van der Waals surface area contributed by atoms with Crippen LogP contribution in [0.2, 0.25) is 0 Å². The summed E-state index contributed by atoms with van der Waals surface area (Å²) in [5.41, 5.74) is 2.03. The summed E-state index contributed by atoms with van der Waals surface area (Å²) in [7, 11) is 1.63. The first-order valence-corrected chi connectivity index (χ1v) is 9.91. The number of fused-ring (bicyclic) bond motifs is 2. The van der Waals surface area contributed by atoms with E-state index in [4.69, 9.17) is 9.15 Å². The van der Waals surface area contributed by atoms with Crippen LogP contribution >= 0.6 is 11.3 Å². The topological polar surface area (TPSA) is 64.4 Å². The van der Waals surface area contributed by atoms with Crippen molar-refractivity contribution < 1.29 is 13.9 Å². The lowest BCUT2D eigenvalue weighted by Crippen LogP contribution is -2.11. The molecule has 0 fully saturated rings. The summed E-state index contributed by atoms with van der Waals surface area (Å²) in [6.45, 7) is 0. The smallest absolute Gasteiger partial charge is 0.257 e. The number of hydrogen-bond donors (Lipinski definition) is 1. The van der Waals surface area contributed by atoms with E-state index in [0.29, 0.717) is 22.1 Å². The Balaban J connectivity index is 1.38. The van der Waals surface area contributed by atoms with E-state index in [1.54, 1.807) is 7.11 Å². The van der Waals surface area contributed by atoms with E-state index in [9.17, 15) is 4.79 Å². The largest absolute Gasteiger partial charge is 0.497 e. The fraction of sp³-hybridized carbons (Fsp3) is 0.0435. The van der Waals surface area contributed by atoms with Gasteiger partial charge in [-0.15, -0.1) is 11.3 Å². The monoisotopic (exact) mass is 400 g/mol. The third-order valence-electron chi connectivity index (χ3n) is 4.71. The Hall–Kier alpha value is -3.64. The molecule has 0 bridgehead atoms. The number of ether oxygens (including phenoxy) is 1. The Bertz CT molecular complexity index is 1350. The molecule has 2 heterocycles. The molecule has 5 aromatic rings. The number of carbonyl (C=O) groups is 1. The molecule has 5 rings (SSSR count). The van der Waals surface area contributed by atoms with Crippen LogP contribution in [0.3, 0.4) is 0 Å². The lowest BCUT2D eigenvalue weighted by atomic mass is 10.1. The van der Waals surface area contributed by atoms with Crippen LogP contribution in [-0.2, 0) is 0 Å². The zero-order valence-electron chi connectivity index (χ0n) is 15.5. The summed E-state index contributed by atoms with van der Waals surface area (Å²) >= 11 is 1.36. The van der Waals surface area contributed by atoms with Crippen molar-refractivity contribution in [2.45, 2.75) is 0 Å². The number of amides is 1. The molecule has 6 heteroatoms. The Morgan fingerprint density at radius 2 is 1.86 bits per heavy atom.